The van der Waals surface area contributed by atoms with Crippen LogP contribution in [0.25, 0.3) is 0 Å². The Bertz CT molecular complexity index is 726. The largest absolute Gasteiger partial charge is 0.337 e. The first-order valence-corrected chi connectivity index (χ1v) is 9.57. The van der Waals surface area contributed by atoms with E-state index >= 15 is 0 Å². The normalized spacial score (nSPS) is 19.8. The second-order valence-electron chi connectivity index (χ2n) is 5.77. The first kappa shape index (κ1) is 14.3. The molecule has 108 valence electrons. The molecule has 0 spiro atoms. The summed E-state index contributed by atoms with van der Waals surface area (Å²) in [5.41, 5.74) is 5.61. The lowest BCUT2D eigenvalue weighted by Gasteiger charge is -2.43. The molecule has 2 aliphatic heterocycles. The number of nitrogens with zero attached hydrogens (tertiary/aromatic N) is 1. The molecule has 4 heteroatoms. The molecule has 0 saturated heterocycles. The number of aryl methyl sites for hydroxylation is 2. The number of fused-ring (bicyclic) bond motifs is 5. The minimum Gasteiger partial charge on any atom is -0.337 e. The third kappa shape index (κ3) is 2.40. The van der Waals surface area contributed by atoms with Crippen LogP contribution >= 0.6 is 47.8 Å². The Hall–Kier alpha value is -0.320. The molecule has 2 aliphatic rings. The molecular weight excluding hydrogens is 458 g/mol. The Morgan fingerprint density at radius 2 is 1.57 bits per heavy atom. The summed E-state index contributed by atoms with van der Waals surface area (Å²) >= 11 is 11.0. The number of rotatable bonds is 0. The zero-order valence-corrected chi connectivity index (χ0v) is 16.1. The van der Waals surface area contributed by atoms with Crippen molar-refractivity contribution in [1.82, 2.24) is 0 Å². The van der Waals surface area contributed by atoms with E-state index in [1.54, 1.807) is 0 Å². The Kier molecular flexibility index (Phi) is 3.67. The van der Waals surface area contributed by atoms with Crippen LogP contribution in [0.3, 0.4) is 0 Å². The predicted octanol–water partition coefficient (Wildman–Crippen LogP) is 6.37. The highest BCUT2D eigenvalue weighted by atomic mass is 79.9. The molecule has 0 amide bonds. The smallest absolute Gasteiger partial charge is 0.0591 e. The van der Waals surface area contributed by atoms with Crippen molar-refractivity contribution >= 4 is 59.2 Å². The first-order chi connectivity index (χ1) is 10.1. The Morgan fingerprint density at radius 1 is 0.857 bits per heavy atom. The van der Waals surface area contributed by atoms with E-state index in [-0.39, 0.29) is 0 Å². The van der Waals surface area contributed by atoms with E-state index in [4.69, 9.17) is 0 Å². The highest BCUT2D eigenvalue weighted by molar-refractivity contribution is 9.11. The van der Waals surface area contributed by atoms with Crippen molar-refractivity contribution in [2.24, 2.45) is 0 Å². The number of benzene rings is 2. The Labute approximate surface area is 150 Å². The van der Waals surface area contributed by atoms with Crippen molar-refractivity contribution in [3.63, 3.8) is 0 Å². The van der Waals surface area contributed by atoms with Gasteiger partial charge in [-0.05, 0) is 83.1 Å². The quantitative estimate of drug-likeness (QED) is 0.431. The standard InChI is InChI=1S/C17H14Br3N/c18-12-3-6-16-10(7-12)1-4-14-5-2-11-8-13(19)9-15(20)17(11)21(14)16/h3,6-9,14H,1-2,4-5H2. The van der Waals surface area contributed by atoms with Crippen molar-refractivity contribution in [3.05, 3.63) is 54.9 Å². The van der Waals surface area contributed by atoms with Crippen LogP contribution in [0, 0.1) is 0 Å². The molecule has 0 N–H and O–H groups in total. The SMILES string of the molecule is Brc1ccc2c(c1)CCC1CCc3cc(Br)cc(Br)c3N21. The number of hydrogen-bond donors (Lipinski definition) is 0. The van der Waals surface area contributed by atoms with Crippen molar-refractivity contribution < 1.29 is 0 Å². The molecule has 0 fully saturated rings. The molecule has 0 radical (unpaired) electrons. The summed E-state index contributed by atoms with van der Waals surface area (Å²) in [4.78, 5) is 2.56. The molecule has 21 heavy (non-hydrogen) atoms. The average molecular weight is 472 g/mol. The molecule has 2 aromatic rings. The van der Waals surface area contributed by atoms with Gasteiger partial charge in [0.2, 0.25) is 0 Å². The van der Waals surface area contributed by atoms with Gasteiger partial charge in [-0.3, -0.25) is 0 Å². The van der Waals surface area contributed by atoms with Crippen LogP contribution in [0.5, 0.6) is 0 Å². The third-order valence-corrected chi connectivity index (χ3v) is 6.06. The molecule has 0 bridgehead atoms. The van der Waals surface area contributed by atoms with Crippen molar-refractivity contribution in [3.8, 4) is 0 Å². The minimum absolute atomic E-state index is 0.628. The first-order valence-electron chi connectivity index (χ1n) is 7.19. The lowest BCUT2D eigenvalue weighted by Crippen LogP contribution is -2.39. The van der Waals surface area contributed by atoms with Gasteiger partial charge in [0.25, 0.3) is 0 Å². The maximum Gasteiger partial charge on any atom is 0.0591 e. The number of anilines is 2. The molecule has 0 aliphatic carbocycles. The van der Waals surface area contributed by atoms with Crippen LogP contribution < -0.4 is 4.90 Å². The maximum atomic E-state index is 3.78. The summed E-state index contributed by atoms with van der Waals surface area (Å²) in [5.74, 6) is 0. The van der Waals surface area contributed by atoms with Crippen LogP contribution in [-0.2, 0) is 12.8 Å². The summed E-state index contributed by atoms with van der Waals surface area (Å²) in [6.45, 7) is 0. The molecule has 4 rings (SSSR count). The van der Waals surface area contributed by atoms with Crippen molar-refractivity contribution in [1.29, 1.82) is 0 Å². The maximum absolute atomic E-state index is 3.78. The summed E-state index contributed by atoms with van der Waals surface area (Å²) in [5, 5.41) is 0. The predicted molar refractivity (Wildman–Crippen MR) is 98.6 cm³/mol. The molecular formula is C17H14Br3N. The van der Waals surface area contributed by atoms with Gasteiger partial charge in [-0.1, -0.05) is 31.9 Å². The topological polar surface area (TPSA) is 3.24 Å². The van der Waals surface area contributed by atoms with E-state index in [1.165, 1.54) is 57.1 Å². The molecule has 1 unspecified atom stereocenters. The van der Waals surface area contributed by atoms with Crippen molar-refractivity contribution in [2.45, 2.75) is 31.7 Å². The van der Waals surface area contributed by atoms with E-state index in [0.29, 0.717) is 6.04 Å². The summed E-state index contributed by atoms with van der Waals surface area (Å²) in [6.07, 6.45) is 4.83. The van der Waals surface area contributed by atoms with Gasteiger partial charge in [-0.15, -0.1) is 0 Å². The lowest BCUT2D eigenvalue weighted by atomic mass is 9.87. The highest BCUT2D eigenvalue weighted by Crippen LogP contribution is 2.47. The molecule has 0 aromatic heterocycles. The second kappa shape index (κ2) is 5.39. The van der Waals surface area contributed by atoms with Gasteiger partial charge in [0.1, 0.15) is 0 Å². The Morgan fingerprint density at radius 3 is 2.38 bits per heavy atom. The monoisotopic (exact) mass is 469 g/mol. The summed E-state index contributed by atoms with van der Waals surface area (Å²) in [7, 11) is 0. The second-order valence-corrected chi connectivity index (χ2v) is 8.46. The van der Waals surface area contributed by atoms with E-state index in [0.717, 1.165) is 4.47 Å². The summed E-state index contributed by atoms with van der Waals surface area (Å²) in [6, 6.07) is 11.7. The average Bonchev–Trinajstić information content (AvgIpc) is 2.45. The lowest BCUT2D eigenvalue weighted by molar-refractivity contribution is 0.517. The molecule has 1 nitrogen and oxygen atoms in total. The fraction of sp³-hybridized carbons (Fsp3) is 0.294. The summed E-state index contributed by atoms with van der Waals surface area (Å²) < 4.78 is 3.51. The van der Waals surface area contributed by atoms with E-state index in [9.17, 15) is 0 Å². The minimum atomic E-state index is 0.628. The van der Waals surface area contributed by atoms with Crippen LogP contribution in [0.2, 0.25) is 0 Å². The third-order valence-electron chi connectivity index (χ3n) is 4.51. The number of halogens is 3. The van der Waals surface area contributed by atoms with Crippen LogP contribution in [0.15, 0.2) is 43.7 Å². The Balaban J connectivity index is 1.93. The van der Waals surface area contributed by atoms with E-state index < -0.39 is 0 Å². The zero-order valence-electron chi connectivity index (χ0n) is 11.4. The van der Waals surface area contributed by atoms with E-state index in [2.05, 4.69) is 83.0 Å². The fourth-order valence-electron chi connectivity index (χ4n) is 3.62. The van der Waals surface area contributed by atoms with Gasteiger partial charge in [0.15, 0.2) is 0 Å². The van der Waals surface area contributed by atoms with Crippen LogP contribution in [0.4, 0.5) is 11.4 Å². The molecule has 2 aromatic carbocycles. The molecule has 1 atom stereocenters. The zero-order chi connectivity index (χ0) is 14.6. The van der Waals surface area contributed by atoms with Gasteiger partial charge in [0.05, 0.1) is 5.69 Å². The van der Waals surface area contributed by atoms with Crippen LogP contribution in [-0.4, -0.2) is 6.04 Å². The van der Waals surface area contributed by atoms with Gasteiger partial charge >= 0.3 is 0 Å². The number of hydrogen-bond acceptors (Lipinski definition) is 1. The van der Waals surface area contributed by atoms with E-state index in [1.807, 2.05) is 0 Å². The van der Waals surface area contributed by atoms with Crippen LogP contribution in [0.1, 0.15) is 24.0 Å². The fourth-order valence-corrected chi connectivity index (χ4v) is 5.53. The molecule has 2 heterocycles. The highest BCUT2D eigenvalue weighted by Gasteiger charge is 2.33. The van der Waals surface area contributed by atoms with Gasteiger partial charge in [0, 0.05) is 25.1 Å². The van der Waals surface area contributed by atoms with Gasteiger partial charge in [-0.2, -0.15) is 0 Å². The molecule has 0 saturated carbocycles. The van der Waals surface area contributed by atoms with Gasteiger partial charge < -0.3 is 4.90 Å². The van der Waals surface area contributed by atoms with Gasteiger partial charge in [-0.25, -0.2) is 0 Å². The van der Waals surface area contributed by atoms with Crippen molar-refractivity contribution in [2.75, 3.05) is 4.90 Å².